The predicted molar refractivity (Wildman–Crippen MR) is 101 cm³/mol. The van der Waals surface area contributed by atoms with Crippen LogP contribution in [0.4, 0.5) is 0 Å². The fraction of sp³-hybridized carbons (Fsp3) is 0.550. The first-order valence-corrected chi connectivity index (χ1v) is 9.84. The van der Waals surface area contributed by atoms with Gasteiger partial charge in [0, 0.05) is 24.7 Å². The Morgan fingerprint density at radius 2 is 1.81 bits per heavy atom. The molecule has 27 heavy (non-hydrogen) atoms. The van der Waals surface area contributed by atoms with Crippen molar-refractivity contribution in [3.8, 4) is 0 Å². The molecule has 144 valence electrons. The summed E-state index contributed by atoms with van der Waals surface area (Å²) in [5.74, 6) is -0.805. The van der Waals surface area contributed by atoms with Crippen LogP contribution >= 0.6 is 0 Å². The van der Waals surface area contributed by atoms with Gasteiger partial charge in [-0.3, -0.25) is 14.2 Å². The number of rotatable bonds is 4. The zero-order valence-corrected chi connectivity index (χ0v) is 15.4. The van der Waals surface area contributed by atoms with Gasteiger partial charge in [-0.15, -0.1) is 0 Å². The Balaban J connectivity index is 1.56. The van der Waals surface area contributed by atoms with Gasteiger partial charge in [-0.05, 0) is 50.3 Å². The van der Waals surface area contributed by atoms with Crippen LogP contribution in [0.5, 0.6) is 0 Å². The van der Waals surface area contributed by atoms with Crippen LogP contribution in [-0.4, -0.2) is 40.4 Å². The number of nitrogens with zero attached hydrogens (tertiary/aromatic N) is 2. The Bertz CT molecular complexity index is 902. The molecule has 2 aromatic rings. The molecule has 1 saturated heterocycles. The first-order chi connectivity index (χ1) is 13.1. The highest BCUT2D eigenvalue weighted by molar-refractivity contribution is 5.97. The lowest BCUT2D eigenvalue weighted by atomic mass is 10.1. The van der Waals surface area contributed by atoms with Crippen molar-refractivity contribution in [2.45, 2.75) is 57.5 Å². The molecule has 1 aromatic carbocycles. The molecular weight excluding hydrogens is 346 g/mol. The molecule has 0 radical (unpaired) electrons. The van der Waals surface area contributed by atoms with Crippen LogP contribution in [0.3, 0.4) is 0 Å². The van der Waals surface area contributed by atoms with E-state index in [9.17, 15) is 14.4 Å². The number of hydrogen-bond donors (Lipinski definition) is 1. The second kappa shape index (κ2) is 7.58. The van der Waals surface area contributed by atoms with Gasteiger partial charge < -0.3 is 14.6 Å². The Kier molecular flexibility index (Phi) is 5.01. The lowest BCUT2D eigenvalue weighted by molar-refractivity contribution is -0.122. The molecule has 2 amide bonds. The first-order valence-electron chi connectivity index (χ1n) is 9.84. The zero-order chi connectivity index (χ0) is 18.8. The number of likely N-dealkylation sites (tertiary alicyclic amines) is 1. The molecule has 2 fully saturated rings. The number of carbonyl (C=O) groups excluding carboxylic acids is 2. The highest BCUT2D eigenvalue weighted by Gasteiger charge is 2.22. The van der Waals surface area contributed by atoms with E-state index in [-0.39, 0.29) is 24.4 Å². The molecule has 0 unspecified atom stereocenters. The number of benzene rings is 1. The summed E-state index contributed by atoms with van der Waals surface area (Å²) in [5, 5.41) is 2.98. The van der Waals surface area contributed by atoms with Crippen molar-refractivity contribution < 1.29 is 14.0 Å². The molecule has 0 bridgehead atoms. The third-order valence-corrected chi connectivity index (χ3v) is 5.58. The van der Waals surface area contributed by atoms with E-state index in [4.69, 9.17) is 4.42 Å². The van der Waals surface area contributed by atoms with E-state index < -0.39 is 5.76 Å². The molecule has 1 aliphatic heterocycles. The molecule has 1 aliphatic carbocycles. The monoisotopic (exact) mass is 371 g/mol. The van der Waals surface area contributed by atoms with Gasteiger partial charge in [0.05, 0.1) is 5.52 Å². The largest absolute Gasteiger partial charge is 0.420 e. The molecule has 7 heteroatoms. The number of hydrogen-bond acceptors (Lipinski definition) is 4. The van der Waals surface area contributed by atoms with Crippen molar-refractivity contribution in [3.63, 3.8) is 0 Å². The maximum Gasteiger partial charge on any atom is 0.420 e. The summed E-state index contributed by atoms with van der Waals surface area (Å²) in [5.41, 5.74) is 1.41. The second-order valence-electron chi connectivity index (χ2n) is 7.54. The molecule has 0 spiro atoms. The van der Waals surface area contributed by atoms with Crippen LogP contribution in [0.25, 0.3) is 11.1 Å². The lowest BCUT2D eigenvalue weighted by Crippen LogP contribution is -2.37. The standard InChI is InChI=1S/C20H25N3O4/c24-18(21-15-6-2-3-7-15)13-23-16-12-14(8-9-17(16)27-20(23)26)19(25)22-10-4-1-5-11-22/h8-9,12,15H,1-7,10-11,13H2,(H,21,24). The van der Waals surface area contributed by atoms with Crippen LogP contribution in [0, 0.1) is 0 Å². The van der Waals surface area contributed by atoms with Crippen molar-refractivity contribution >= 4 is 22.9 Å². The normalized spacial score (nSPS) is 18.1. The van der Waals surface area contributed by atoms with Crippen LogP contribution < -0.4 is 11.1 Å². The van der Waals surface area contributed by atoms with Crippen molar-refractivity contribution in [1.29, 1.82) is 0 Å². The van der Waals surface area contributed by atoms with E-state index >= 15 is 0 Å². The average molecular weight is 371 g/mol. The topological polar surface area (TPSA) is 84.5 Å². The first kappa shape index (κ1) is 17.8. The number of aromatic nitrogens is 1. The number of amides is 2. The van der Waals surface area contributed by atoms with E-state index in [0.29, 0.717) is 16.7 Å². The van der Waals surface area contributed by atoms with Gasteiger partial charge in [0.1, 0.15) is 6.54 Å². The fourth-order valence-corrected chi connectivity index (χ4v) is 4.11. The predicted octanol–water partition coefficient (Wildman–Crippen LogP) is 2.28. The second-order valence-corrected chi connectivity index (χ2v) is 7.54. The summed E-state index contributed by atoms with van der Waals surface area (Å²) >= 11 is 0. The molecular formula is C20H25N3O4. The van der Waals surface area contributed by atoms with Gasteiger partial charge >= 0.3 is 5.76 Å². The Morgan fingerprint density at radius 3 is 2.56 bits per heavy atom. The quantitative estimate of drug-likeness (QED) is 0.894. The number of carbonyl (C=O) groups is 2. The summed E-state index contributed by atoms with van der Waals surface area (Å²) in [6.45, 7) is 1.43. The third kappa shape index (κ3) is 3.77. The van der Waals surface area contributed by atoms with Gasteiger partial charge in [0.25, 0.3) is 5.91 Å². The van der Waals surface area contributed by atoms with E-state index in [0.717, 1.165) is 58.0 Å². The average Bonchev–Trinajstić information content (AvgIpc) is 3.29. The maximum atomic E-state index is 12.7. The lowest BCUT2D eigenvalue weighted by Gasteiger charge is -2.26. The minimum Gasteiger partial charge on any atom is -0.408 e. The Morgan fingerprint density at radius 1 is 1.07 bits per heavy atom. The molecule has 1 N–H and O–H groups in total. The Labute approximate surface area is 157 Å². The van der Waals surface area contributed by atoms with E-state index in [1.54, 1.807) is 18.2 Å². The summed E-state index contributed by atoms with van der Waals surface area (Å²) in [7, 11) is 0. The molecule has 2 aliphatic rings. The number of oxazole rings is 1. The van der Waals surface area contributed by atoms with Crippen molar-refractivity contribution in [1.82, 2.24) is 14.8 Å². The summed E-state index contributed by atoms with van der Waals surface area (Å²) in [4.78, 5) is 39.1. The summed E-state index contributed by atoms with van der Waals surface area (Å²) in [6, 6.07) is 5.19. The number of piperidine rings is 1. The van der Waals surface area contributed by atoms with Crippen molar-refractivity contribution in [2.24, 2.45) is 0 Å². The summed E-state index contributed by atoms with van der Waals surface area (Å²) < 4.78 is 6.56. The number of nitrogens with one attached hydrogen (secondary N) is 1. The molecule has 0 atom stereocenters. The molecule has 2 heterocycles. The molecule has 1 saturated carbocycles. The molecule has 1 aromatic heterocycles. The van der Waals surface area contributed by atoms with Crippen LogP contribution in [0.1, 0.15) is 55.3 Å². The summed E-state index contributed by atoms with van der Waals surface area (Å²) in [6.07, 6.45) is 7.42. The Hall–Kier alpha value is -2.57. The number of fused-ring (bicyclic) bond motifs is 1. The van der Waals surface area contributed by atoms with Crippen LogP contribution in [-0.2, 0) is 11.3 Å². The highest BCUT2D eigenvalue weighted by Crippen LogP contribution is 2.20. The van der Waals surface area contributed by atoms with Gasteiger partial charge in [0.2, 0.25) is 5.91 Å². The van der Waals surface area contributed by atoms with E-state index in [1.165, 1.54) is 4.57 Å². The van der Waals surface area contributed by atoms with Gasteiger partial charge in [0.15, 0.2) is 5.58 Å². The van der Waals surface area contributed by atoms with Crippen molar-refractivity contribution in [2.75, 3.05) is 13.1 Å². The fourth-order valence-electron chi connectivity index (χ4n) is 4.11. The van der Waals surface area contributed by atoms with Crippen LogP contribution in [0.15, 0.2) is 27.4 Å². The SMILES string of the molecule is O=C(Cn1c(=O)oc2ccc(C(=O)N3CCCCC3)cc21)NC1CCCC1. The van der Waals surface area contributed by atoms with Gasteiger partial charge in [-0.1, -0.05) is 12.8 Å². The van der Waals surface area contributed by atoms with Gasteiger partial charge in [-0.25, -0.2) is 4.79 Å². The highest BCUT2D eigenvalue weighted by atomic mass is 16.4. The minimum absolute atomic E-state index is 0.0350. The minimum atomic E-state index is -0.575. The van der Waals surface area contributed by atoms with Crippen molar-refractivity contribution in [3.05, 3.63) is 34.3 Å². The molecule has 4 rings (SSSR count). The molecule has 7 nitrogen and oxygen atoms in total. The van der Waals surface area contributed by atoms with E-state index in [2.05, 4.69) is 5.32 Å². The zero-order valence-electron chi connectivity index (χ0n) is 15.4. The van der Waals surface area contributed by atoms with Gasteiger partial charge in [-0.2, -0.15) is 0 Å². The third-order valence-electron chi connectivity index (χ3n) is 5.58. The smallest absolute Gasteiger partial charge is 0.408 e. The van der Waals surface area contributed by atoms with E-state index in [1.807, 2.05) is 4.90 Å². The maximum absolute atomic E-state index is 12.7. The van der Waals surface area contributed by atoms with Crippen LogP contribution in [0.2, 0.25) is 0 Å².